The second kappa shape index (κ2) is 6.11. The van der Waals surface area contributed by atoms with Crippen LogP contribution in [-0.4, -0.2) is 34.4 Å². The maximum Gasteiger partial charge on any atom is 0.302 e. The molecule has 3 atom stereocenters. The molecule has 0 bridgehead atoms. The monoisotopic (exact) mass is 318 g/mol. The van der Waals surface area contributed by atoms with Crippen molar-refractivity contribution in [2.75, 3.05) is 6.61 Å². The van der Waals surface area contributed by atoms with E-state index in [9.17, 15) is 9.18 Å². The highest BCUT2D eigenvalue weighted by molar-refractivity contribution is 7.72. The van der Waals surface area contributed by atoms with Gasteiger partial charge in [-0.25, -0.2) is 4.39 Å². The molecule has 0 saturated carbocycles. The number of aromatic nitrogens is 2. The van der Waals surface area contributed by atoms with Crippen molar-refractivity contribution in [3.8, 4) is 0 Å². The standard InChI is InChI=1S/C12H15FN2O3S2/c1-6-4-15(12(20)14-11(6)19)10-3-8(13)9(18-10)5-17-7(2)16/h4,8-10H,3,5H2,1-2H3,(H,14,19,20)/t8-,9+,10+/m0/s1. The molecule has 0 radical (unpaired) electrons. The molecule has 1 aromatic heterocycles. The lowest BCUT2D eigenvalue weighted by Crippen LogP contribution is -2.24. The minimum absolute atomic E-state index is 0.0951. The van der Waals surface area contributed by atoms with Gasteiger partial charge in [0, 0.05) is 25.1 Å². The number of hydrogen-bond acceptors (Lipinski definition) is 5. The predicted molar refractivity (Wildman–Crippen MR) is 75.2 cm³/mol. The smallest absolute Gasteiger partial charge is 0.302 e. The molecule has 2 heterocycles. The number of alkyl halides is 1. The summed E-state index contributed by atoms with van der Waals surface area (Å²) in [6, 6.07) is 0. The van der Waals surface area contributed by atoms with Crippen LogP contribution in [0.25, 0.3) is 0 Å². The fourth-order valence-electron chi connectivity index (χ4n) is 2.01. The number of nitrogens with one attached hydrogen (secondary N) is 1. The summed E-state index contributed by atoms with van der Waals surface area (Å²) in [5.74, 6) is -0.458. The van der Waals surface area contributed by atoms with E-state index in [0.29, 0.717) is 9.41 Å². The average Bonchev–Trinajstić information content (AvgIpc) is 2.72. The summed E-state index contributed by atoms with van der Waals surface area (Å²) in [5, 5.41) is 0. The van der Waals surface area contributed by atoms with Gasteiger partial charge in [0.1, 0.15) is 29.8 Å². The van der Waals surface area contributed by atoms with Gasteiger partial charge in [0.2, 0.25) is 0 Å². The van der Waals surface area contributed by atoms with Crippen LogP contribution in [0.3, 0.4) is 0 Å². The van der Waals surface area contributed by atoms with Gasteiger partial charge in [-0.15, -0.1) is 0 Å². The lowest BCUT2D eigenvalue weighted by atomic mass is 10.2. The van der Waals surface area contributed by atoms with Crippen molar-refractivity contribution >= 4 is 30.4 Å². The number of nitrogens with zero attached hydrogens (tertiary/aromatic N) is 1. The Balaban J connectivity index is 2.16. The number of carbonyl (C=O) groups excluding carboxylic acids is 1. The molecule has 2 rings (SSSR count). The van der Waals surface area contributed by atoms with Crippen molar-refractivity contribution in [2.24, 2.45) is 0 Å². The van der Waals surface area contributed by atoms with E-state index in [1.165, 1.54) is 6.92 Å². The van der Waals surface area contributed by atoms with E-state index < -0.39 is 24.5 Å². The zero-order valence-corrected chi connectivity index (χ0v) is 12.7. The fourth-order valence-corrected chi connectivity index (χ4v) is 2.50. The van der Waals surface area contributed by atoms with E-state index in [4.69, 9.17) is 33.9 Å². The molecule has 1 saturated heterocycles. The lowest BCUT2D eigenvalue weighted by Gasteiger charge is -2.17. The van der Waals surface area contributed by atoms with Crippen molar-refractivity contribution in [1.82, 2.24) is 9.55 Å². The van der Waals surface area contributed by atoms with Crippen molar-refractivity contribution < 1.29 is 18.7 Å². The molecule has 0 spiro atoms. The summed E-state index contributed by atoms with van der Waals surface area (Å²) in [6.45, 7) is 3.01. The average molecular weight is 318 g/mol. The molecular weight excluding hydrogens is 303 g/mol. The Labute approximate surface area is 125 Å². The zero-order chi connectivity index (χ0) is 14.9. The van der Waals surface area contributed by atoms with E-state index >= 15 is 0 Å². The maximum atomic E-state index is 13.9. The van der Waals surface area contributed by atoms with E-state index in [1.54, 1.807) is 10.8 Å². The lowest BCUT2D eigenvalue weighted by molar-refractivity contribution is -0.146. The topological polar surface area (TPSA) is 56.2 Å². The van der Waals surface area contributed by atoms with Gasteiger partial charge in [-0.3, -0.25) is 9.36 Å². The van der Waals surface area contributed by atoms with Gasteiger partial charge >= 0.3 is 5.97 Å². The minimum Gasteiger partial charge on any atom is -0.463 e. The largest absolute Gasteiger partial charge is 0.463 e. The van der Waals surface area contributed by atoms with Gasteiger partial charge in [0.05, 0.1) is 0 Å². The Morgan fingerprint density at radius 3 is 3.00 bits per heavy atom. The number of rotatable bonds is 3. The molecule has 1 fully saturated rings. The summed E-state index contributed by atoms with van der Waals surface area (Å²) in [4.78, 5) is 13.6. The van der Waals surface area contributed by atoms with Crippen molar-refractivity contribution in [3.05, 3.63) is 21.2 Å². The van der Waals surface area contributed by atoms with Crippen molar-refractivity contribution in [2.45, 2.75) is 38.8 Å². The molecule has 1 aliphatic heterocycles. The first-order valence-corrected chi connectivity index (χ1v) is 6.95. The molecule has 1 N–H and O–H groups in total. The third-order valence-corrected chi connectivity index (χ3v) is 3.81. The van der Waals surface area contributed by atoms with Gasteiger partial charge in [-0.05, 0) is 19.1 Å². The molecule has 110 valence electrons. The predicted octanol–water partition coefficient (Wildman–Crippen LogP) is 2.77. The normalized spacial score (nSPS) is 25.6. The van der Waals surface area contributed by atoms with E-state index in [1.807, 2.05) is 6.92 Å². The molecule has 0 aliphatic carbocycles. The van der Waals surface area contributed by atoms with Gasteiger partial charge in [-0.1, -0.05) is 12.2 Å². The van der Waals surface area contributed by atoms with Crippen LogP contribution in [0.1, 0.15) is 25.1 Å². The van der Waals surface area contributed by atoms with Crippen LogP contribution in [0, 0.1) is 16.3 Å². The summed E-state index contributed by atoms with van der Waals surface area (Å²) in [7, 11) is 0. The number of carbonyl (C=O) groups is 1. The highest BCUT2D eigenvalue weighted by Gasteiger charge is 2.37. The van der Waals surface area contributed by atoms with Crippen LogP contribution < -0.4 is 0 Å². The summed E-state index contributed by atoms with van der Waals surface area (Å²) >= 11 is 10.3. The zero-order valence-electron chi connectivity index (χ0n) is 11.1. The molecular formula is C12H15FN2O3S2. The molecule has 0 aromatic carbocycles. The summed E-state index contributed by atoms with van der Waals surface area (Å²) < 4.78 is 26.8. The third kappa shape index (κ3) is 3.31. The molecule has 5 nitrogen and oxygen atoms in total. The SMILES string of the molecule is CC(=O)OC[C@H]1O[C@@H](n2cc(C)c(=S)[nH]c2=S)C[C@@H]1F. The number of H-pyrrole nitrogens is 1. The third-order valence-electron chi connectivity index (χ3n) is 3.07. The fraction of sp³-hybridized carbons (Fsp3) is 0.583. The Bertz CT molecular complexity index is 628. The van der Waals surface area contributed by atoms with Crippen LogP contribution in [0.2, 0.25) is 0 Å². The van der Waals surface area contributed by atoms with E-state index in [2.05, 4.69) is 4.98 Å². The van der Waals surface area contributed by atoms with Gasteiger partial charge in [-0.2, -0.15) is 0 Å². The first-order valence-electron chi connectivity index (χ1n) is 6.13. The first kappa shape index (κ1) is 15.3. The number of aryl methyl sites for hydroxylation is 1. The van der Waals surface area contributed by atoms with Gasteiger partial charge in [0.25, 0.3) is 0 Å². The van der Waals surface area contributed by atoms with Crippen LogP contribution >= 0.6 is 24.4 Å². The van der Waals surface area contributed by atoms with E-state index in [-0.39, 0.29) is 13.0 Å². The molecule has 0 unspecified atom stereocenters. The number of esters is 1. The first-order chi connectivity index (χ1) is 9.38. The number of aromatic amines is 1. The molecule has 1 aliphatic rings. The van der Waals surface area contributed by atoms with Gasteiger partial charge < -0.3 is 14.5 Å². The molecule has 8 heteroatoms. The van der Waals surface area contributed by atoms with Crippen LogP contribution in [0.5, 0.6) is 0 Å². The Morgan fingerprint density at radius 1 is 1.65 bits per heavy atom. The highest BCUT2D eigenvalue weighted by Crippen LogP contribution is 2.31. The molecule has 0 amide bonds. The quantitative estimate of drug-likeness (QED) is 0.686. The minimum atomic E-state index is -1.20. The number of ether oxygens (including phenoxy) is 2. The number of hydrogen-bond donors (Lipinski definition) is 1. The maximum absolute atomic E-state index is 13.9. The Kier molecular flexibility index (Phi) is 4.66. The van der Waals surface area contributed by atoms with Crippen LogP contribution in [0.4, 0.5) is 4.39 Å². The summed E-state index contributed by atoms with van der Waals surface area (Å²) in [6.07, 6.45) is -0.598. The van der Waals surface area contributed by atoms with Gasteiger partial charge in [0.15, 0.2) is 4.77 Å². The van der Waals surface area contributed by atoms with Crippen LogP contribution in [0.15, 0.2) is 6.20 Å². The molecule has 1 aromatic rings. The second-order valence-electron chi connectivity index (χ2n) is 4.66. The van der Waals surface area contributed by atoms with Crippen LogP contribution in [-0.2, 0) is 14.3 Å². The van der Waals surface area contributed by atoms with Crippen molar-refractivity contribution in [3.63, 3.8) is 0 Å². The summed E-state index contributed by atoms with van der Waals surface area (Å²) in [5.41, 5.74) is 0.830. The Morgan fingerprint density at radius 2 is 2.35 bits per heavy atom. The number of halogens is 1. The molecule has 20 heavy (non-hydrogen) atoms. The Hall–Kier alpha value is -1.12. The van der Waals surface area contributed by atoms with E-state index in [0.717, 1.165) is 5.56 Å². The van der Waals surface area contributed by atoms with Crippen molar-refractivity contribution in [1.29, 1.82) is 0 Å². The highest BCUT2D eigenvalue weighted by atomic mass is 32.1. The second-order valence-corrected chi connectivity index (χ2v) is 5.46.